The van der Waals surface area contributed by atoms with Crippen LogP contribution in [0.15, 0.2) is 36.4 Å². The zero-order valence-electron chi connectivity index (χ0n) is 15.8. The second kappa shape index (κ2) is 7.15. The fraction of sp³-hybridized carbons (Fsp3) is 0.333. The number of rotatable bonds is 2. The van der Waals surface area contributed by atoms with Gasteiger partial charge < -0.3 is 9.64 Å². The number of fused-ring (bicyclic) bond motifs is 1. The first-order valence-electron chi connectivity index (χ1n) is 9.35. The van der Waals surface area contributed by atoms with Gasteiger partial charge in [0.25, 0.3) is 11.6 Å². The highest BCUT2D eigenvalue weighted by Crippen LogP contribution is 2.40. The van der Waals surface area contributed by atoms with E-state index in [1.165, 1.54) is 12.1 Å². The normalized spacial score (nSPS) is 17.6. The van der Waals surface area contributed by atoms with Gasteiger partial charge in [0, 0.05) is 48.1 Å². The van der Waals surface area contributed by atoms with Gasteiger partial charge in [-0.2, -0.15) is 0 Å². The standard InChI is InChI=1S/C21H19ClN2O5/c1-13-15(3-2-4-17(13)24(27)28)20(26)23-9-7-21(8-10-23)12-18(25)16-11-14(22)5-6-19(16)29-21/h2-6,11H,7-10,12H2,1H3. The number of amides is 1. The van der Waals surface area contributed by atoms with Gasteiger partial charge in [-0.25, -0.2) is 0 Å². The van der Waals surface area contributed by atoms with Crippen LogP contribution in [0.25, 0.3) is 0 Å². The van der Waals surface area contributed by atoms with Crippen LogP contribution < -0.4 is 4.74 Å². The van der Waals surface area contributed by atoms with Crippen molar-refractivity contribution in [2.24, 2.45) is 0 Å². The average molecular weight is 415 g/mol. The molecule has 2 aromatic rings. The van der Waals surface area contributed by atoms with Crippen LogP contribution in [0.1, 0.15) is 45.5 Å². The number of benzene rings is 2. The number of ether oxygens (including phenoxy) is 1. The molecule has 0 radical (unpaired) electrons. The summed E-state index contributed by atoms with van der Waals surface area (Å²) in [6.45, 7) is 2.41. The van der Waals surface area contributed by atoms with E-state index in [2.05, 4.69) is 0 Å². The number of halogens is 1. The van der Waals surface area contributed by atoms with Crippen molar-refractivity contribution in [1.29, 1.82) is 0 Å². The number of nitro benzene ring substituents is 1. The van der Waals surface area contributed by atoms with E-state index in [4.69, 9.17) is 16.3 Å². The summed E-state index contributed by atoms with van der Waals surface area (Å²) in [6, 6.07) is 9.54. The highest BCUT2D eigenvalue weighted by Gasteiger charge is 2.44. The Labute approximate surface area is 172 Å². The van der Waals surface area contributed by atoms with Gasteiger partial charge in [0.1, 0.15) is 11.4 Å². The third kappa shape index (κ3) is 3.46. The molecule has 7 nitrogen and oxygen atoms in total. The summed E-state index contributed by atoms with van der Waals surface area (Å²) in [6.07, 6.45) is 1.28. The van der Waals surface area contributed by atoms with Crippen molar-refractivity contribution >= 4 is 29.0 Å². The Morgan fingerprint density at radius 1 is 1.24 bits per heavy atom. The molecule has 2 aliphatic heterocycles. The Balaban J connectivity index is 1.51. The molecule has 1 spiro atoms. The molecule has 1 amide bonds. The first-order chi connectivity index (χ1) is 13.8. The largest absolute Gasteiger partial charge is 0.486 e. The van der Waals surface area contributed by atoms with Crippen molar-refractivity contribution < 1.29 is 19.2 Å². The van der Waals surface area contributed by atoms with Gasteiger partial charge in [-0.05, 0) is 31.2 Å². The molecule has 8 heteroatoms. The van der Waals surface area contributed by atoms with Crippen LogP contribution in [0.2, 0.25) is 5.02 Å². The van der Waals surface area contributed by atoms with Crippen molar-refractivity contribution in [3.63, 3.8) is 0 Å². The number of likely N-dealkylation sites (tertiary alicyclic amines) is 1. The highest BCUT2D eigenvalue weighted by molar-refractivity contribution is 6.31. The zero-order chi connectivity index (χ0) is 20.8. The summed E-state index contributed by atoms with van der Waals surface area (Å²) >= 11 is 5.98. The van der Waals surface area contributed by atoms with Crippen LogP contribution in [0.3, 0.4) is 0 Å². The van der Waals surface area contributed by atoms with Crippen LogP contribution in [-0.2, 0) is 0 Å². The van der Waals surface area contributed by atoms with E-state index in [0.29, 0.717) is 53.4 Å². The quantitative estimate of drug-likeness (QED) is 0.542. The zero-order valence-corrected chi connectivity index (χ0v) is 16.6. The minimum absolute atomic E-state index is 0.0111. The second-order valence-electron chi connectivity index (χ2n) is 7.52. The number of Topliss-reactive ketones (excluding diaryl/α,β-unsaturated/α-hetero) is 1. The van der Waals surface area contributed by atoms with Crippen molar-refractivity contribution in [3.05, 3.63) is 68.2 Å². The third-order valence-electron chi connectivity index (χ3n) is 5.75. The maximum atomic E-state index is 12.9. The molecule has 2 heterocycles. The molecule has 150 valence electrons. The van der Waals surface area contributed by atoms with Crippen LogP contribution >= 0.6 is 11.6 Å². The van der Waals surface area contributed by atoms with Gasteiger partial charge >= 0.3 is 0 Å². The molecule has 0 saturated carbocycles. The van der Waals surface area contributed by atoms with Crippen molar-refractivity contribution in [1.82, 2.24) is 4.90 Å². The molecular formula is C21H19ClN2O5. The molecule has 0 aromatic heterocycles. The van der Waals surface area contributed by atoms with Crippen molar-refractivity contribution in [2.75, 3.05) is 13.1 Å². The van der Waals surface area contributed by atoms with Gasteiger partial charge in [0.15, 0.2) is 5.78 Å². The summed E-state index contributed by atoms with van der Waals surface area (Å²) in [4.78, 5) is 37.9. The van der Waals surface area contributed by atoms with Crippen molar-refractivity contribution in [3.8, 4) is 5.75 Å². The van der Waals surface area contributed by atoms with E-state index in [1.807, 2.05) is 0 Å². The smallest absolute Gasteiger partial charge is 0.273 e. The molecule has 0 atom stereocenters. The molecule has 0 bridgehead atoms. The Hall–Kier alpha value is -2.93. The Morgan fingerprint density at radius 2 is 1.97 bits per heavy atom. The van der Waals surface area contributed by atoms with Crippen molar-refractivity contribution in [2.45, 2.75) is 31.8 Å². The monoisotopic (exact) mass is 414 g/mol. The lowest BCUT2D eigenvalue weighted by molar-refractivity contribution is -0.385. The molecule has 29 heavy (non-hydrogen) atoms. The van der Waals surface area contributed by atoms with E-state index in [-0.39, 0.29) is 23.8 Å². The van der Waals surface area contributed by atoms with Gasteiger partial charge in [-0.15, -0.1) is 0 Å². The van der Waals surface area contributed by atoms with E-state index in [1.54, 1.807) is 36.1 Å². The number of carbonyl (C=O) groups is 2. The topological polar surface area (TPSA) is 89.8 Å². The van der Waals surface area contributed by atoms with Crippen LogP contribution in [0, 0.1) is 17.0 Å². The Kier molecular flexibility index (Phi) is 4.78. The first-order valence-corrected chi connectivity index (χ1v) is 9.72. The predicted molar refractivity (Wildman–Crippen MR) is 107 cm³/mol. The molecule has 1 saturated heterocycles. The molecule has 0 N–H and O–H groups in total. The van der Waals surface area contributed by atoms with Crippen LogP contribution in [0.4, 0.5) is 5.69 Å². The first kappa shape index (κ1) is 19.4. The number of nitrogens with zero attached hydrogens (tertiary/aromatic N) is 2. The predicted octanol–water partition coefficient (Wildman–Crippen LogP) is 4.20. The van der Waals surface area contributed by atoms with Gasteiger partial charge in [-0.1, -0.05) is 17.7 Å². The average Bonchev–Trinajstić information content (AvgIpc) is 2.69. The molecule has 1 fully saturated rings. The molecular weight excluding hydrogens is 396 g/mol. The highest BCUT2D eigenvalue weighted by atomic mass is 35.5. The Bertz CT molecular complexity index is 1030. The van der Waals surface area contributed by atoms with E-state index >= 15 is 0 Å². The molecule has 4 rings (SSSR count). The third-order valence-corrected chi connectivity index (χ3v) is 5.98. The SMILES string of the molecule is Cc1c(C(=O)N2CCC3(CC2)CC(=O)c2cc(Cl)ccc2O3)cccc1[N+](=O)[O-]. The minimum atomic E-state index is -0.633. The summed E-state index contributed by atoms with van der Waals surface area (Å²) < 4.78 is 6.19. The lowest BCUT2D eigenvalue weighted by atomic mass is 9.82. The number of piperidine rings is 1. The van der Waals surface area contributed by atoms with E-state index < -0.39 is 10.5 Å². The molecule has 0 unspecified atom stereocenters. The Morgan fingerprint density at radius 3 is 2.66 bits per heavy atom. The molecule has 0 aliphatic carbocycles. The van der Waals surface area contributed by atoms with E-state index in [0.717, 1.165) is 0 Å². The lowest BCUT2D eigenvalue weighted by Gasteiger charge is -2.44. The van der Waals surface area contributed by atoms with E-state index in [9.17, 15) is 19.7 Å². The maximum absolute atomic E-state index is 12.9. The summed E-state index contributed by atoms with van der Waals surface area (Å²) in [7, 11) is 0. The fourth-order valence-corrected chi connectivity index (χ4v) is 4.26. The van der Waals surface area contributed by atoms with Crippen LogP contribution in [-0.4, -0.2) is 40.2 Å². The summed E-state index contributed by atoms with van der Waals surface area (Å²) in [5.74, 6) is 0.276. The van der Waals surface area contributed by atoms with Gasteiger partial charge in [0.2, 0.25) is 0 Å². The number of hydrogen-bond donors (Lipinski definition) is 0. The summed E-state index contributed by atoms with van der Waals surface area (Å²) in [5, 5.41) is 11.6. The lowest BCUT2D eigenvalue weighted by Crippen LogP contribution is -2.52. The number of nitro groups is 1. The van der Waals surface area contributed by atoms with Gasteiger partial charge in [-0.3, -0.25) is 19.7 Å². The number of carbonyl (C=O) groups excluding carboxylic acids is 2. The maximum Gasteiger partial charge on any atom is 0.273 e. The minimum Gasteiger partial charge on any atom is -0.486 e. The van der Waals surface area contributed by atoms with Gasteiger partial charge in [0.05, 0.1) is 16.9 Å². The van der Waals surface area contributed by atoms with Crippen LogP contribution in [0.5, 0.6) is 5.75 Å². The summed E-state index contributed by atoms with van der Waals surface area (Å²) in [5.41, 5.74) is 0.481. The second-order valence-corrected chi connectivity index (χ2v) is 7.96. The number of hydrogen-bond acceptors (Lipinski definition) is 5. The molecule has 2 aliphatic rings. The molecule has 2 aromatic carbocycles. The number of ketones is 1. The fourth-order valence-electron chi connectivity index (χ4n) is 4.09.